The van der Waals surface area contributed by atoms with Gasteiger partial charge >= 0.3 is 0 Å². The van der Waals surface area contributed by atoms with Crippen LogP contribution in [0.15, 0.2) is 30.3 Å². The maximum Gasteiger partial charge on any atom is 0.146 e. The van der Waals surface area contributed by atoms with Crippen molar-refractivity contribution < 1.29 is 4.39 Å². The van der Waals surface area contributed by atoms with Gasteiger partial charge in [-0.05, 0) is 42.8 Å². The Labute approximate surface area is 115 Å². The second kappa shape index (κ2) is 5.04. The number of anilines is 3. The van der Waals surface area contributed by atoms with Gasteiger partial charge in [-0.1, -0.05) is 23.2 Å². The van der Waals surface area contributed by atoms with Crippen molar-refractivity contribution in [1.29, 1.82) is 0 Å². The summed E-state index contributed by atoms with van der Waals surface area (Å²) in [7, 11) is 0. The van der Waals surface area contributed by atoms with Crippen LogP contribution >= 0.6 is 23.2 Å². The van der Waals surface area contributed by atoms with Crippen LogP contribution in [0.5, 0.6) is 0 Å². The van der Waals surface area contributed by atoms with E-state index in [2.05, 4.69) is 5.32 Å². The molecule has 94 valence electrons. The third-order valence-corrected chi connectivity index (χ3v) is 3.10. The first-order valence-corrected chi connectivity index (χ1v) is 6.00. The lowest BCUT2D eigenvalue weighted by Crippen LogP contribution is -1.98. The van der Waals surface area contributed by atoms with Gasteiger partial charge < -0.3 is 11.1 Å². The molecule has 18 heavy (non-hydrogen) atoms. The van der Waals surface area contributed by atoms with Crippen molar-refractivity contribution in [2.45, 2.75) is 6.92 Å². The Morgan fingerprint density at radius 1 is 1.11 bits per heavy atom. The first kappa shape index (κ1) is 13.0. The molecule has 0 heterocycles. The summed E-state index contributed by atoms with van der Waals surface area (Å²) in [6, 6.07) is 7.70. The molecule has 0 aliphatic carbocycles. The third-order valence-electron chi connectivity index (χ3n) is 2.54. The first-order chi connectivity index (χ1) is 8.47. The topological polar surface area (TPSA) is 38.0 Å². The number of nitrogen functional groups attached to an aromatic ring is 1. The highest BCUT2D eigenvalue weighted by molar-refractivity contribution is 6.33. The second-order valence-electron chi connectivity index (χ2n) is 3.94. The van der Waals surface area contributed by atoms with Crippen LogP contribution in [0.25, 0.3) is 0 Å². The number of hydrogen-bond donors (Lipinski definition) is 2. The third kappa shape index (κ3) is 2.68. The van der Waals surface area contributed by atoms with E-state index in [1.54, 1.807) is 12.1 Å². The van der Waals surface area contributed by atoms with E-state index in [4.69, 9.17) is 28.9 Å². The van der Waals surface area contributed by atoms with Crippen molar-refractivity contribution in [3.63, 3.8) is 0 Å². The highest BCUT2D eigenvalue weighted by Crippen LogP contribution is 2.30. The van der Waals surface area contributed by atoms with Crippen molar-refractivity contribution in [2.24, 2.45) is 0 Å². The predicted molar refractivity (Wildman–Crippen MR) is 75.3 cm³/mol. The van der Waals surface area contributed by atoms with E-state index >= 15 is 0 Å². The Morgan fingerprint density at radius 3 is 2.56 bits per heavy atom. The lowest BCUT2D eigenvalue weighted by molar-refractivity contribution is 0.632. The molecule has 2 aromatic rings. The van der Waals surface area contributed by atoms with Crippen LogP contribution < -0.4 is 11.1 Å². The van der Waals surface area contributed by atoms with Crippen LogP contribution in [0.2, 0.25) is 10.0 Å². The van der Waals surface area contributed by atoms with Crippen molar-refractivity contribution >= 4 is 40.3 Å². The van der Waals surface area contributed by atoms with E-state index in [-0.39, 0.29) is 5.82 Å². The van der Waals surface area contributed by atoms with Crippen LogP contribution in [0, 0.1) is 12.7 Å². The van der Waals surface area contributed by atoms with E-state index in [1.807, 2.05) is 6.92 Å². The zero-order valence-electron chi connectivity index (χ0n) is 9.60. The highest BCUT2D eigenvalue weighted by atomic mass is 35.5. The Morgan fingerprint density at radius 2 is 1.83 bits per heavy atom. The van der Waals surface area contributed by atoms with E-state index in [1.165, 1.54) is 18.2 Å². The van der Waals surface area contributed by atoms with Gasteiger partial charge in [-0.25, -0.2) is 4.39 Å². The van der Waals surface area contributed by atoms with E-state index in [0.717, 1.165) is 5.56 Å². The van der Waals surface area contributed by atoms with Gasteiger partial charge in [0.05, 0.1) is 16.4 Å². The Hall–Kier alpha value is -1.45. The van der Waals surface area contributed by atoms with Crippen molar-refractivity contribution in [3.8, 4) is 0 Å². The Balaban J connectivity index is 2.40. The average Bonchev–Trinajstić information content (AvgIpc) is 2.30. The van der Waals surface area contributed by atoms with Crippen LogP contribution in [-0.2, 0) is 0 Å². The van der Waals surface area contributed by atoms with Crippen LogP contribution in [-0.4, -0.2) is 0 Å². The second-order valence-corrected chi connectivity index (χ2v) is 4.78. The number of benzene rings is 2. The molecule has 0 saturated heterocycles. The number of nitrogens with two attached hydrogens (primary N) is 1. The lowest BCUT2D eigenvalue weighted by atomic mass is 10.1. The molecular weight excluding hydrogens is 274 g/mol. The number of hydrogen-bond acceptors (Lipinski definition) is 2. The summed E-state index contributed by atoms with van der Waals surface area (Å²) in [6.07, 6.45) is 0. The first-order valence-electron chi connectivity index (χ1n) is 5.25. The van der Waals surface area contributed by atoms with Gasteiger partial charge in [0.2, 0.25) is 0 Å². The molecule has 0 saturated carbocycles. The Bertz CT molecular complexity index is 600. The van der Waals surface area contributed by atoms with Gasteiger partial charge in [0.25, 0.3) is 0 Å². The smallest absolute Gasteiger partial charge is 0.146 e. The van der Waals surface area contributed by atoms with Gasteiger partial charge in [-0.2, -0.15) is 0 Å². The molecule has 2 nitrogen and oxygen atoms in total. The zero-order valence-corrected chi connectivity index (χ0v) is 11.1. The molecule has 0 amide bonds. The molecule has 0 aliphatic rings. The maximum atomic E-state index is 13.6. The molecule has 0 unspecified atom stereocenters. The highest BCUT2D eigenvalue weighted by Gasteiger charge is 2.07. The monoisotopic (exact) mass is 284 g/mol. The van der Waals surface area contributed by atoms with Gasteiger partial charge in [0, 0.05) is 10.7 Å². The minimum atomic E-state index is -0.383. The van der Waals surface area contributed by atoms with Crippen LogP contribution in [0.1, 0.15) is 5.56 Å². The van der Waals surface area contributed by atoms with Gasteiger partial charge in [0.1, 0.15) is 5.82 Å². The summed E-state index contributed by atoms with van der Waals surface area (Å²) in [5.74, 6) is -0.383. The number of rotatable bonds is 2. The quantitative estimate of drug-likeness (QED) is 0.780. The average molecular weight is 285 g/mol. The SMILES string of the molecule is Cc1cc(N)c(Cl)cc1Nc1cc(Cl)ccc1F. The van der Waals surface area contributed by atoms with E-state index in [0.29, 0.717) is 27.1 Å². The van der Waals surface area contributed by atoms with Gasteiger partial charge in [-0.15, -0.1) is 0 Å². The maximum absolute atomic E-state index is 13.6. The predicted octanol–water partition coefficient (Wildman–Crippen LogP) is 4.77. The molecule has 2 aromatic carbocycles. The summed E-state index contributed by atoms with van der Waals surface area (Å²) in [5, 5.41) is 3.83. The molecule has 5 heteroatoms. The normalized spacial score (nSPS) is 10.4. The van der Waals surface area contributed by atoms with Crippen molar-refractivity contribution in [3.05, 3.63) is 51.8 Å². The van der Waals surface area contributed by atoms with Crippen LogP contribution in [0.4, 0.5) is 21.5 Å². The molecular formula is C13H11Cl2FN2. The molecule has 0 aromatic heterocycles. The zero-order chi connectivity index (χ0) is 13.3. The summed E-state index contributed by atoms with van der Waals surface area (Å²) >= 11 is 11.8. The lowest BCUT2D eigenvalue weighted by Gasteiger charge is -2.12. The van der Waals surface area contributed by atoms with Crippen molar-refractivity contribution in [2.75, 3.05) is 11.1 Å². The number of aryl methyl sites for hydroxylation is 1. The fourth-order valence-corrected chi connectivity index (χ4v) is 1.91. The summed E-state index contributed by atoms with van der Waals surface area (Å²) < 4.78 is 13.6. The fourth-order valence-electron chi connectivity index (χ4n) is 1.58. The van der Waals surface area contributed by atoms with Crippen LogP contribution in [0.3, 0.4) is 0 Å². The molecule has 2 rings (SSSR count). The summed E-state index contributed by atoms with van der Waals surface area (Å²) in [5.41, 5.74) is 8.03. The molecule has 0 bridgehead atoms. The van der Waals surface area contributed by atoms with E-state index < -0.39 is 0 Å². The van der Waals surface area contributed by atoms with Gasteiger partial charge in [-0.3, -0.25) is 0 Å². The molecule has 0 spiro atoms. The van der Waals surface area contributed by atoms with Gasteiger partial charge in [0.15, 0.2) is 0 Å². The standard InChI is InChI=1S/C13H11Cl2FN2/c1-7-4-11(17)9(15)6-12(7)18-13-5-8(14)2-3-10(13)16/h2-6,18H,17H2,1H3. The minimum Gasteiger partial charge on any atom is -0.398 e. The molecule has 0 radical (unpaired) electrons. The molecule has 0 aliphatic heterocycles. The summed E-state index contributed by atoms with van der Waals surface area (Å²) in [6.45, 7) is 1.86. The minimum absolute atomic E-state index is 0.298. The molecule has 3 N–H and O–H groups in total. The largest absolute Gasteiger partial charge is 0.398 e. The number of nitrogens with one attached hydrogen (secondary N) is 1. The molecule has 0 atom stereocenters. The summed E-state index contributed by atoms with van der Waals surface area (Å²) in [4.78, 5) is 0. The molecule has 0 fully saturated rings. The Kier molecular flexibility index (Phi) is 3.64. The number of halogens is 3. The van der Waals surface area contributed by atoms with E-state index in [9.17, 15) is 4.39 Å². The fraction of sp³-hybridized carbons (Fsp3) is 0.0769. The van der Waals surface area contributed by atoms with Crippen molar-refractivity contribution in [1.82, 2.24) is 0 Å².